The Kier molecular flexibility index (Phi) is 10.2. The molecular formula is C35H36O4S. The van der Waals surface area contributed by atoms with Crippen molar-refractivity contribution >= 4 is 11.8 Å². The highest BCUT2D eigenvalue weighted by atomic mass is 32.2. The molecule has 40 heavy (non-hydrogen) atoms. The predicted octanol–water partition coefficient (Wildman–Crippen LogP) is 7.75. The summed E-state index contributed by atoms with van der Waals surface area (Å²) in [6.45, 7) is 7.51. The molecule has 4 aromatic rings. The molecule has 1 aliphatic rings. The summed E-state index contributed by atoms with van der Waals surface area (Å²) in [7, 11) is 0. The summed E-state index contributed by atoms with van der Waals surface area (Å²) in [5, 5.41) is 0. The van der Waals surface area contributed by atoms with Gasteiger partial charge in [0.25, 0.3) is 0 Å². The predicted molar refractivity (Wildman–Crippen MR) is 161 cm³/mol. The minimum atomic E-state index is -0.406. The molecule has 5 atom stereocenters. The van der Waals surface area contributed by atoms with E-state index in [-0.39, 0.29) is 11.5 Å². The van der Waals surface area contributed by atoms with Gasteiger partial charge in [-0.2, -0.15) is 0 Å². The Balaban J connectivity index is 1.45. The van der Waals surface area contributed by atoms with Crippen LogP contribution in [0.2, 0.25) is 0 Å². The molecule has 4 aromatic carbocycles. The van der Waals surface area contributed by atoms with E-state index in [2.05, 4.69) is 74.2 Å². The quantitative estimate of drug-likeness (QED) is 0.168. The summed E-state index contributed by atoms with van der Waals surface area (Å²) in [5.74, 6) is 0. The van der Waals surface area contributed by atoms with Crippen molar-refractivity contribution in [3.63, 3.8) is 0 Å². The highest BCUT2D eigenvalue weighted by Gasteiger charge is 2.47. The average Bonchev–Trinajstić information content (AvgIpc) is 3.01. The first-order chi connectivity index (χ1) is 19.7. The van der Waals surface area contributed by atoms with Crippen LogP contribution in [-0.4, -0.2) is 29.9 Å². The Morgan fingerprint density at radius 2 is 1.07 bits per heavy atom. The smallest absolute Gasteiger partial charge is 0.137 e. The molecule has 1 aliphatic heterocycles. The van der Waals surface area contributed by atoms with Crippen LogP contribution in [0.15, 0.2) is 133 Å². The topological polar surface area (TPSA) is 36.9 Å². The molecule has 5 rings (SSSR count). The Hall–Kier alpha value is -3.19. The zero-order valence-corrected chi connectivity index (χ0v) is 23.6. The lowest BCUT2D eigenvalue weighted by atomic mass is 9.98. The van der Waals surface area contributed by atoms with Crippen molar-refractivity contribution in [3.8, 4) is 0 Å². The second-order valence-electron chi connectivity index (χ2n) is 9.92. The molecule has 4 nitrogen and oxygen atoms in total. The molecule has 0 saturated carbocycles. The number of rotatable bonds is 12. The van der Waals surface area contributed by atoms with Gasteiger partial charge < -0.3 is 18.9 Å². The van der Waals surface area contributed by atoms with E-state index in [0.29, 0.717) is 19.8 Å². The Morgan fingerprint density at radius 3 is 1.55 bits per heavy atom. The number of benzene rings is 4. The first-order valence-corrected chi connectivity index (χ1v) is 14.6. The minimum absolute atomic E-state index is 0.327. The number of hydrogen-bond donors (Lipinski definition) is 0. The maximum Gasteiger partial charge on any atom is 0.137 e. The molecule has 206 valence electrons. The lowest BCUT2D eigenvalue weighted by molar-refractivity contribution is -0.236. The van der Waals surface area contributed by atoms with E-state index >= 15 is 0 Å². The van der Waals surface area contributed by atoms with Gasteiger partial charge >= 0.3 is 0 Å². The molecule has 1 heterocycles. The van der Waals surface area contributed by atoms with Gasteiger partial charge in [-0.25, -0.2) is 0 Å². The van der Waals surface area contributed by atoms with Crippen LogP contribution in [0.5, 0.6) is 0 Å². The first kappa shape index (κ1) is 28.3. The highest BCUT2D eigenvalue weighted by molar-refractivity contribution is 7.99. The fourth-order valence-corrected chi connectivity index (χ4v) is 5.84. The number of hydrogen-bond acceptors (Lipinski definition) is 5. The third kappa shape index (κ3) is 7.72. The average molecular weight is 553 g/mol. The van der Waals surface area contributed by atoms with Gasteiger partial charge in [-0.15, -0.1) is 6.58 Å². The monoisotopic (exact) mass is 552 g/mol. The second-order valence-corrected chi connectivity index (χ2v) is 11.1. The number of thioether (sulfide) groups is 1. The van der Waals surface area contributed by atoms with Crippen molar-refractivity contribution in [1.82, 2.24) is 0 Å². The van der Waals surface area contributed by atoms with Crippen molar-refractivity contribution in [1.29, 1.82) is 0 Å². The summed E-state index contributed by atoms with van der Waals surface area (Å²) < 4.78 is 26.6. The minimum Gasteiger partial charge on any atom is -0.368 e. The molecule has 1 fully saturated rings. The van der Waals surface area contributed by atoms with Crippen molar-refractivity contribution in [2.24, 2.45) is 0 Å². The van der Waals surface area contributed by atoms with Crippen LogP contribution in [0.1, 0.15) is 22.3 Å². The van der Waals surface area contributed by atoms with Crippen LogP contribution in [0.25, 0.3) is 0 Å². The fraction of sp³-hybridized carbons (Fsp3) is 0.257. The zero-order valence-electron chi connectivity index (χ0n) is 22.8. The van der Waals surface area contributed by atoms with Crippen molar-refractivity contribution in [2.45, 2.75) is 61.5 Å². The van der Waals surface area contributed by atoms with Gasteiger partial charge in [0, 0.05) is 4.90 Å². The van der Waals surface area contributed by atoms with Crippen LogP contribution in [0, 0.1) is 6.92 Å². The maximum absolute atomic E-state index is 6.70. The third-order valence-electron chi connectivity index (χ3n) is 6.89. The molecule has 0 aromatic heterocycles. The number of ether oxygens (including phenoxy) is 4. The van der Waals surface area contributed by atoms with Crippen LogP contribution >= 0.6 is 11.8 Å². The van der Waals surface area contributed by atoms with Gasteiger partial charge in [-0.05, 0) is 35.7 Å². The second kappa shape index (κ2) is 14.4. The van der Waals surface area contributed by atoms with Crippen LogP contribution in [0.3, 0.4) is 0 Å². The van der Waals surface area contributed by atoms with Crippen molar-refractivity contribution < 1.29 is 18.9 Å². The number of aryl methyl sites for hydroxylation is 1. The normalized spacial score (nSPS) is 22.6. The zero-order chi connectivity index (χ0) is 27.6. The van der Waals surface area contributed by atoms with Gasteiger partial charge in [-0.3, -0.25) is 0 Å². The van der Waals surface area contributed by atoms with Gasteiger partial charge in [0.15, 0.2) is 0 Å². The van der Waals surface area contributed by atoms with Crippen molar-refractivity contribution in [2.75, 3.05) is 0 Å². The molecule has 0 aliphatic carbocycles. The Morgan fingerprint density at radius 1 is 0.625 bits per heavy atom. The third-order valence-corrected chi connectivity index (χ3v) is 8.05. The van der Waals surface area contributed by atoms with Crippen LogP contribution in [-0.2, 0) is 38.8 Å². The molecule has 0 amide bonds. The van der Waals surface area contributed by atoms with Gasteiger partial charge in [-0.1, -0.05) is 127 Å². The van der Waals surface area contributed by atoms with E-state index < -0.39 is 18.3 Å². The van der Waals surface area contributed by atoms with E-state index in [4.69, 9.17) is 18.9 Å². The molecule has 0 N–H and O–H groups in total. The lowest BCUT2D eigenvalue weighted by Crippen LogP contribution is -2.58. The first-order valence-electron chi connectivity index (χ1n) is 13.7. The largest absolute Gasteiger partial charge is 0.368 e. The van der Waals surface area contributed by atoms with Gasteiger partial charge in [0.2, 0.25) is 0 Å². The summed E-state index contributed by atoms with van der Waals surface area (Å²) in [6, 6.07) is 39.1. The molecule has 0 spiro atoms. The van der Waals surface area contributed by atoms with Crippen LogP contribution in [0.4, 0.5) is 0 Å². The molecule has 0 unspecified atom stereocenters. The highest BCUT2D eigenvalue weighted by Crippen LogP contribution is 2.38. The maximum atomic E-state index is 6.70. The molecule has 0 radical (unpaired) electrons. The van der Waals surface area contributed by atoms with Crippen molar-refractivity contribution in [3.05, 3.63) is 150 Å². The molecule has 1 saturated heterocycles. The van der Waals surface area contributed by atoms with Gasteiger partial charge in [0.1, 0.15) is 29.9 Å². The fourth-order valence-electron chi connectivity index (χ4n) is 4.73. The van der Waals surface area contributed by atoms with E-state index in [1.165, 1.54) is 5.56 Å². The molecule has 0 bridgehead atoms. The van der Waals surface area contributed by atoms with E-state index in [9.17, 15) is 0 Å². The van der Waals surface area contributed by atoms with Gasteiger partial charge in [0.05, 0.1) is 19.8 Å². The Bertz CT molecular complexity index is 1300. The summed E-state index contributed by atoms with van der Waals surface area (Å²) in [6.07, 6.45) is 0.255. The lowest BCUT2D eigenvalue weighted by Gasteiger charge is -2.45. The molecular weight excluding hydrogens is 516 g/mol. The van der Waals surface area contributed by atoms with E-state index in [0.717, 1.165) is 21.6 Å². The standard InChI is InChI=1S/C35H36O4S/c1-3-31-32(36-23-27-13-7-4-8-14-27)33(37-24-28-15-9-5-10-16-28)34(38-25-29-17-11-6-12-18-29)35(39-31)40-30-21-19-26(2)20-22-30/h3-22,31-35H,1,23-25H2,2H3/t31-,32-,33+,34-,35+/m1/s1. The Labute approximate surface area is 241 Å². The molecule has 5 heteroatoms. The van der Waals surface area contributed by atoms with E-state index in [1.54, 1.807) is 11.8 Å². The van der Waals surface area contributed by atoms with Crippen LogP contribution < -0.4 is 0 Å². The summed E-state index contributed by atoms with van der Waals surface area (Å²) >= 11 is 1.65. The van der Waals surface area contributed by atoms with E-state index in [1.807, 2.05) is 60.7 Å². The summed E-state index contributed by atoms with van der Waals surface area (Å²) in [5.41, 5.74) is 4.16. The summed E-state index contributed by atoms with van der Waals surface area (Å²) in [4.78, 5) is 1.11. The SMILES string of the molecule is C=C[C@H]1O[C@@H](Sc2ccc(C)cc2)[C@H](OCc2ccccc2)[C@@H](OCc2ccccc2)[C@@H]1OCc1ccccc1.